The van der Waals surface area contributed by atoms with Crippen molar-refractivity contribution in [2.75, 3.05) is 6.61 Å². The lowest BCUT2D eigenvalue weighted by Crippen LogP contribution is -2.26. The third kappa shape index (κ3) is 4.68. The Bertz CT molecular complexity index is 659. The number of hydrogen-bond donors (Lipinski definition) is 0. The highest BCUT2D eigenvalue weighted by molar-refractivity contribution is 6.30. The normalized spacial score (nSPS) is 13.2. The Morgan fingerprint density at radius 3 is 2.29 bits per heavy atom. The molecule has 2 aromatic rings. The molecule has 0 saturated heterocycles. The van der Waals surface area contributed by atoms with Crippen molar-refractivity contribution >= 4 is 17.6 Å². The Labute approximate surface area is 147 Å². The molecule has 1 aromatic carbocycles. The van der Waals surface area contributed by atoms with E-state index in [4.69, 9.17) is 21.1 Å². The maximum absolute atomic E-state index is 12.0. The molecule has 0 N–H and O–H groups in total. The van der Waals surface area contributed by atoms with E-state index in [0.717, 1.165) is 17.5 Å². The molecule has 0 aliphatic carbocycles. The Morgan fingerprint density at radius 2 is 1.75 bits per heavy atom. The molecule has 2 unspecified atom stereocenters. The molecule has 5 nitrogen and oxygen atoms in total. The molecule has 0 fully saturated rings. The Kier molecular flexibility index (Phi) is 6.55. The number of benzene rings is 1. The Balaban J connectivity index is 2.03. The van der Waals surface area contributed by atoms with E-state index in [1.54, 1.807) is 24.5 Å². The molecule has 24 heavy (non-hydrogen) atoms. The highest BCUT2D eigenvalue weighted by Crippen LogP contribution is 2.23. The summed E-state index contributed by atoms with van der Waals surface area (Å²) in [5, 5.41) is -0.644. The maximum atomic E-state index is 12.0. The Morgan fingerprint density at radius 1 is 1.12 bits per heavy atom. The van der Waals surface area contributed by atoms with Gasteiger partial charge < -0.3 is 9.47 Å². The number of nitrogens with zero attached hydrogens (tertiary/aromatic N) is 2. The minimum atomic E-state index is -0.644. The first-order chi connectivity index (χ1) is 11.5. The summed E-state index contributed by atoms with van der Waals surface area (Å²) in [5.74, 6) is 0.104. The van der Waals surface area contributed by atoms with Gasteiger partial charge in [-0.25, -0.2) is 9.97 Å². The second kappa shape index (κ2) is 8.64. The highest BCUT2D eigenvalue weighted by atomic mass is 35.5. The van der Waals surface area contributed by atoms with Gasteiger partial charge in [-0.2, -0.15) is 0 Å². The molecule has 2 rings (SSSR count). The lowest BCUT2D eigenvalue weighted by molar-refractivity contribution is -0.134. The summed E-state index contributed by atoms with van der Waals surface area (Å²) in [4.78, 5) is 20.2. The van der Waals surface area contributed by atoms with E-state index < -0.39 is 11.3 Å². The molecule has 0 aliphatic heterocycles. The lowest BCUT2D eigenvalue weighted by atomic mass is 10.1. The van der Waals surface area contributed by atoms with Crippen LogP contribution in [0.4, 0.5) is 0 Å². The molecule has 1 heterocycles. The predicted molar refractivity (Wildman–Crippen MR) is 93.4 cm³/mol. The van der Waals surface area contributed by atoms with E-state index in [-0.39, 0.29) is 5.92 Å². The van der Waals surface area contributed by atoms with Crippen molar-refractivity contribution in [1.29, 1.82) is 0 Å². The zero-order valence-corrected chi connectivity index (χ0v) is 14.8. The van der Waals surface area contributed by atoms with Crippen LogP contribution in [0.2, 0.25) is 0 Å². The van der Waals surface area contributed by atoms with Crippen LogP contribution >= 0.6 is 11.6 Å². The van der Waals surface area contributed by atoms with Crippen LogP contribution in [0, 0.1) is 5.92 Å². The van der Waals surface area contributed by atoms with Crippen LogP contribution in [-0.4, -0.2) is 27.9 Å². The van der Waals surface area contributed by atoms with Gasteiger partial charge in [-0.15, -0.1) is 11.6 Å². The van der Waals surface area contributed by atoms with E-state index in [1.807, 2.05) is 32.9 Å². The van der Waals surface area contributed by atoms with Crippen molar-refractivity contribution in [2.24, 2.45) is 5.92 Å². The molecule has 128 valence electrons. The first-order valence-corrected chi connectivity index (χ1v) is 8.39. The van der Waals surface area contributed by atoms with Gasteiger partial charge >= 0.3 is 12.0 Å². The van der Waals surface area contributed by atoms with Gasteiger partial charge in [0.05, 0.1) is 6.61 Å². The zero-order valence-electron chi connectivity index (χ0n) is 14.0. The van der Waals surface area contributed by atoms with Crippen molar-refractivity contribution in [2.45, 2.75) is 32.6 Å². The van der Waals surface area contributed by atoms with Gasteiger partial charge in [0.1, 0.15) is 11.1 Å². The summed E-state index contributed by atoms with van der Waals surface area (Å²) >= 11 is 6.10. The summed E-state index contributed by atoms with van der Waals surface area (Å²) < 4.78 is 10.5. The van der Waals surface area contributed by atoms with Crippen LogP contribution < -0.4 is 9.47 Å². The minimum Gasteiger partial charge on any atom is -0.464 e. The van der Waals surface area contributed by atoms with Gasteiger partial charge in [0, 0.05) is 18.0 Å². The summed E-state index contributed by atoms with van der Waals surface area (Å²) in [6.45, 7) is 6.32. The van der Waals surface area contributed by atoms with E-state index in [2.05, 4.69) is 9.97 Å². The fraction of sp³-hybridized carbons (Fsp3) is 0.389. The highest BCUT2D eigenvalue weighted by Gasteiger charge is 2.23. The van der Waals surface area contributed by atoms with Gasteiger partial charge in [-0.3, -0.25) is 4.79 Å². The lowest BCUT2D eigenvalue weighted by Gasteiger charge is -2.14. The first kappa shape index (κ1) is 18.2. The average Bonchev–Trinajstić information content (AvgIpc) is 2.62. The fourth-order valence-corrected chi connectivity index (χ4v) is 2.22. The average molecular weight is 349 g/mol. The molecular weight excluding hydrogens is 328 g/mol. The van der Waals surface area contributed by atoms with Crippen LogP contribution in [0.5, 0.6) is 11.8 Å². The second-order valence-corrected chi connectivity index (χ2v) is 5.89. The number of alkyl halides is 1. The maximum Gasteiger partial charge on any atom is 0.329 e. The largest absolute Gasteiger partial charge is 0.464 e. The predicted octanol–water partition coefficient (Wildman–Crippen LogP) is 4.10. The van der Waals surface area contributed by atoms with Gasteiger partial charge in [-0.1, -0.05) is 32.4 Å². The van der Waals surface area contributed by atoms with Crippen LogP contribution in [0.25, 0.3) is 11.1 Å². The van der Waals surface area contributed by atoms with Crippen LogP contribution in [0.3, 0.4) is 0 Å². The number of carbonyl (C=O) groups excluding carboxylic acids is 1. The molecule has 6 heteroatoms. The number of rotatable bonds is 7. The summed E-state index contributed by atoms with van der Waals surface area (Å²) in [6, 6.07) is 7.49. The molecule has 1 aromatic heterocycles. The third-order valence-corrected chi connectivity index (χ3v) is 4.28. The first-order valence-electron chi connectivity index (χ1n) is 7.96. The number of ether oxygens (including phenoxy) is 2. The van der Waals surface area contributed by atoms with Gasteiger partial charge in [0.2, 0.25) is 0 Å². The second-order valence-electron chi connectivity index (χ2n) is 5.42. The van der Waals surface area contributed by atoms with Crippen LogP contribution in [-0.2, 0) is 4.79 Å². The quantitative estimate of drug-likeness (QED) is 0.428. The molecule has 0 amide bonds. The number of halogens is 1. The van der Waals surface area contributed by atoms with Crippen LogP contribution in [0.1, 0.15) is 27.2 Å². The molecule has 0 radical (unpaired) electrons. The number of carbonyl (C=O) groups is 1. The molecule has 0 aliphatic rings. The van der Waals surface area contributed by atoms with Gasteiger partial charge in [0.15, 0.2) is 0 Å². The standard InChI is InChI=1S/C18H21ClN2O3/c1-4-12(3)16(19)17(22)24-15-8-6-13(7-9-15)14-10-20-18(21-11-14)23-5-2/h6-12,16H,4-5H2,1-3H3. The topological polar surface area (TPSA) is 61.3 Å². The van der Waals surface area contributed by atoms with Crippen molar-refractivity contribution < 1.29 is 14.3 Å². The molecular formula is C18H21ClN2O3. The SMILES string of the molecule is CCOc1ncc(-c2ccc(OC(=O)C(Cl)C(C)CC)cc2)cn1. The van der Waals surface area contributed by atoms with E-state index in [0.29, 0.717) is 18.4 Å². The van der Waals surface area contributed by atoms with Gasteiger partial charge in [0.25, 0.3) is 0 Å². The fourth-order valence-electron chi connectivity index (χ4n) is 2.00. The van der Waals surface area contributed by atoms with Crippen molar-refractivity contribution in [3.05, 3.63) is 36.7 Å². The number of esters is 1. The van der Waals surface area contributed by atoms with Crippen molar-refractivity contribution in [3.8, 4) is 22.9 Å². The molecule has 0 bridgehead atoms. The van der Waals surface area contributed by atoms with Crippen LogP contribution in [0.15, 0.2) is 36.7 Å². The van der Waals surface area contributed by atoms with E-state index in [1.165, 1.54) is 0 Å². The van der Waals surface area contributed by atoms with Crippen molar-refractivity contribution in [3.63, 3.8) is 0 Å². The summed E-state index contributed by atoms with van der Waals surface area (Å²) in [5.41, 5.74) is 1.77. The number of aromatic nitrogens is 2. The Hall–Kier alpha value is -2.14. The molecule has 2 atom stereocenters. The molecule has 0 spiro atoms. The molecule has 0 saturated carbocycles. The van der Waals surface area contributed by atoms with E-state index >= 15 is 0 Å². The van der Waals surface area contributed by atoms with Gasteiger partial charge in [-0.05, 0) is 30.5 Å². The minimum absolute atomic E-state index is 0.0689. The summed E-state index contributed by atoms with van der Waals surface area (Å²) in [7, 11) is 0. The summed E-state index contributed by atoms with van der Waals surface area (Å²) in [6.07, 6.45) is 4.20. The number of hydrogen-bond acceptors (Lipinski definition) is 5. The third-order valence-electron chi connectivity index (χ3n) is 3.68. The monoisotopic (exact) mass is 348 g/mol. The van der Waals surface area contributed by atoms with E-state index in [9.17, 15) is 4.79 Å². The van der Waals surface area contributed by atoms with Crippen molar-refractivity contribution in [1.82, 2.24) is 9.97 Å². The smallest absolute Gasteiger partial charge is 0.329 e. The zero-order chi connectivity index (χ0) is 17.5.